The molecule has 0 spiro atoms. The molecular weight excluding hydrogens is 152 g/mol. The molecule has 2 aliphatic rings. The van der Waals surface area contributed by atoms with Crippen molar-refractivity contribution in [3.63, 3.8) is 0 Å². The van der Waals surface area contributed by atoms with Gasteiger partial charge in [0.15, 0.2) is 0 Å². The monoisotopic (exact) mass is 166 g/mol. The van der Waals surface area contributed by atoms with E-state index in [-0.39, 0.29) is 28.8 Å². The maximum Gasteiger partial charge on any atom is 0.150 e. The molecule has 2 fully saturated rings. The van der Waals surface area contributed by atoms with E-state index in [0.29, 0.717) is 0 Å². The van der Waals surface area contributed by atoms with Crippen LogP contribution in [0.2, 0.25) is 0 Å². The van der Waals surface area contributed by atoms with Crippen molar-refractivity contribution < 1.29 is 9.59 Å². The number of ketones is 2. The van der Waals surface area contributed by atoms with E-state index in [0.717, 1.165) is 0 Å². The summed E-state index contributed by atoms with van der Waals surface area (Å²) in [6.07, 6.45) is 0. The zero-order chi connectivity index (χ0) is 9.31. The molecule has 2 nitrogen and oxygen atoms in total. The lowest BCUT2D eigenvalue weighted by Crippen LogP contribution is -2.32. The van der Waals surface area contributed by atoms with Gasteiger partial charge in [-0.3, -0.25) is 9.59 Å². The first kappa shape index (κ1) is 7.96. The topological polar surface area (TPSA) is 34.1 Å². The minimum absolute atomic E-state index is 0.0278. The van der Waals surface area contributed by atoms with E-state index in [1.54, 1.807) is 13.8 Å². The lowest BCUT2D eigenvalue weighted by Gasteiger charge is -2.20. The molecule has 0 saturated heterocycles. The lowest BCUT2D eigenvalue weighted by atomic mass is 9.80. The molecule has 2 heteroatoms. The predicted octanol–water partition coefficient (Wildman–Crippen LogP) is 1.44. The first-order valence-electron chi connectivity index (χ1n) is 4.40. The fraction of sp³-hybridized carbons (Fsp3) is 0.800. The number of hydrogen-bond donors (Lipinski definition) is 0. The van der Waals surface area contributed by atoms with Crippen LogP contribution in [-0.4, -0.2) is 11.6 Å². The van der Waals surface area contributed by atoms with Gasteiger partial charge in [0.2, 0.25) is 0 Å². The zero-order valence-corrected chi connectivity index (χ0v) is 7.97. The highest BCUT2D eigenvalue weighted by Crippen LogP contribution is 2.67. The minimum atomic E-state index is -0.690. The van der Waals surface area contributed by atoms with Gasteiger partial charge in [-0.2, -0.15) is 0 Å². The molecule has 0 bridgehead atoms. The van der Waals surface area contributed by atoms with Crippen LogP contribution in [-0.2, 0) is 9.59 Å². The predicted molar refractivity (Wildman–Crippen MR) is 44.6 cm³/mol. The minimum Gasteiger partial charge on any atom is -0.298 e. The Balaban J connectivity index is 2.41. The normalized spacial score (nSPS) is 41.3. The Morgan fingerprint density at radius 3 is 1.50 bits per heavy atom. The summed E-state index contributed by atoms with van der Waals surface area (Å²) in [5, 5.41) is 0. The van der Waals surface area contributed by atoms with Crippen LogP contribution in [0.5, 0.6) is 0 Å². The van der Waals surface area contributed by atoms with E-state index in [1.165, 1.54) is 0 Å². The molecule has 0 aliphatic heterocycles. The van der Waals surface area contributed by atoms with Gasteiger partial charge in [0, 0.05) is 11.8 Å². The SMILES string of the molecule is CC1(C)C(=O)C2C(C1=O)C2(C)C. The third-order valence-corrected chi connectivity index (χ3v) is 3.62. The summed E-state index contributed by atoms with van der Waals surface area (Å²) in [4.78, 5) is 23.3. The molecule has 0 amide bonds. The van der Waals surface area contributed by atoms with Crippen LogP contribution < -0.4 is 0 Å². The summed E-state index contributed by atoms with van der Waals surface area (Å²) >= 11 is 0. The number of carbonyl (C=O) groups excluding carboxylic acids is 2. The third kappa shape index (κ3) is 0.584. The Hall–Kier alpha value is -0.660. The highest BCUT2D eigenvalue weighted by atomic mass is 16.2. The van der Waals surface area contributed by atoms with Crippen LogP contribution in [0.3, 0.4) is 0 Å². The van der Waals surface area contributed by atoms with Crippen molar-refractivity contribution in [2.24, 2.45) is 22.7 Å². The van der Waals surface area contributed by atoms with Crippen LogP contribution in [0.15, 0.2) is 0 Å². The van der Waals surface area contributed by atoms with Crippen molar-refractivity contribution in [1.29, 1.82) is 0 Å². The van der Waals surface area contributed by atoms with Crippen molar-refractivity contribution in [2.45, 2.75) is 27.7 Å². The number of rotatable bonds is 0. The smallest absolute Gasteiger partial charge is 0.150 e. The number of carbonyl (C=O) groups is 2. The average molecular weight is 166 g/mol. The molecule has 0 radical (unpaired) electrons. The van der Waals surface area contributed by atoms with Gasteiger partial charge in [-0.1, -0.05) is 13.8 Å². The Morgan fingerprint density at radius 2 is 1.25 bits per heavy atom. The molecule has 0 N–H and O–H groups in total. The van der Waals surface area contributed by atoms with Gasteiger partial charge >= 0.3 is 0 Å². The lowest BCUT2D eigenvalue weighted by molar-refractivity contribution is -0.136. The summed E-state index contributed by atoms with van der Waals surface area (Å²) in [6, 6.07) is 0. The van der Waals surface area contributed by atoms with Gasteiger partial charge in [-0.05, 0) is 19.3 Å². The fourth-order valence-electron chi connectivity index (χ4n) is 2.52. The van der Waals surface area contributed by atoms with Gasteiger partial charge in [-0.15, -0.1) is 0 Å². The highest BCUT2D eigenvalue weighted by Gasteiger charge is 2.74. The van der Waals surface area contributed by atoms with Crippen LogP contribution in [0.4, 0.5) is 0 Å². The van der Waals surface area contributed by atoms with Crippen molar-refractivity contribution in [3.05, 3.63) is 0 Å². The Morgan fingerprint density at radius 1 is 0.917 bits per heavy atom. The maximum atomic E-state index is 11.7. The summed E-state index contributed by atoms with van der Waals surface area (Å²) in [5.74, 6) is 0.366. The van der Waals surface area contributed by atoms with E-state index in [9.17, 15) is 9.59 Å². The maximum absolute atomic E-state index is 11.7. The summed E-state index contributed by atoms with van der Waals surface area (Å²) in [7, 11) is 0. The Bertz CT molecular complexity index is 260. The standard InChI is InChI=1S/C10H14O2/c1-9(2)5-6(9)8(12)10(3,4)7(5)11/h5-6H,1-4H3. The molecule has 0 aromatic carbocycles. The van der Waals surface area contributed by atoms with Gasteiger partial charge in [0.1, 0.15) is 11.6 Å². The summed E-state index contributed by atoms with van der Waals surface area (Å²) < 4.78 is 0. The van der Waals surface area contributed by atoms with Crippen LogP contribution >= 0.6 is 0 Å². The highest BCUT2D eigenvalue weighted by molar-refractivity contribution is 6.19. The molecule has 2 unspecified atom stereocenters. The molecule has 66 valence electrons. The molecule has 2 saturated carbocycles. The van der Waals surface area contributed by atoms with Crippen LogP contribution in [0.25, 0.3) is 0 Å². The van der Waals surface area contributed by atoms with Gasteiger partial charge in [0.25, 0.3) is 0 Å². The second kappa shape index (κ2) is 1.66. The number of hydrogen-bond acceptors (Lipinski definition) is 2. The Labute approximate surface area is 72.3 Å². The first-order valence-corrected chi connectivity index (χ1v) is 4.40. The zero-order valence-electron chi connectivity index (χ0n) is 7.97. The summed E-state index contributed by atoms with van der Waals surface area (Å²) in [5.41, 5.74) is -0.728. The molecule has 2 rings (SSSR count). The molecular formula is C10H14O2. The summed E-state index contributed by atoms with van der Waals surface area (Å²) in [6.45, 7) is 7.51. The van der Waals surface area contributed by atoms with E-state index >= 15 is 0 Å². The van der Waals surface area contributed by atoms with Crippen molar-refractivity contribution >= 4 is 11.6 Å². The van der Waals surface area contributed by atoms with Crippen molar-refractivity contribution in [3.8, 4) is 0 Å². The molecule has 0 heterocycles. The Kier molecular flexibility index (Phi) is 1.10. The van der Waals surface area contributed by atoms with Crippen molar-refractivity contribution in [2.75, 3.05) is 0 Å². The van der Waals surface area contributed by atoms with E-state index in [4.69, 9.17) is 0 Å². The van der Waals surface area contributed by atoms with Crippen molar-refractivity contribution in [1.82, 2.24) is 0 Å². The fourth-order valence-corrected chi connectivity index (χ4v) is 2.52. The quantitative estimate of drug-likeness (QED) is 0.510. The molecule has 2 atom stereocenters. The second-order valence-electron chi connectivity index (χ2n) is 5.13. The molecule has 0 aromatic heterocycles. The molecule has 0 aromatic rings. The van der Waals surface area contributed by atoms with E-state index < -0.39 is 5.41 Å². The molecule has 2 aliphatic carbocycles. The number of fused-ring (bicyclic) bond motifs is 1. The van der Waals surface area contributed by atoms with Gasteiger partial charge in [0.05, 0.1) is 5.41 Å². The number of Topliss-reactive ketones (excluding diaryl/α,β-unsaturated/α-hetero) is 2. The second-order valence-corrected chi connectivity index (χ2v) is 5.13. The largest absolute Gasteiger partial charge is 0.298 e. The van der Waals surface area contributed by atoms with E-state index in [2.05, 4.69) is 0 Å². The van der Waals surface area contributed by atoms with Gasteiger partial charge < -0.3 is 0 Å². The molecule has 12 heavy (non-hydrogen) atoms. The van der Waals surface area contributed by atoms with Crippen LogP contribution in [0, 0.1) is 22.7 Å². The first-order chi connectivity index (χ1) is 5.31. The third-order valence-electron chi connectivity index (χ3n) is 3.62. The van der Waals surface area contributed by atoms with Gasteiger partial charge in [-0.25, -0.2) is 0 Å². The van der Waals surface area contributed by atoms with E-state index in [1.807, 2.05) is 13.8 Å². The van der Waals surface area contributed by atoms with Crippen LogP contribution in [0.1, 0.15) is 27.7 Å². The average Bonchev–Trinajstić information content (AvgIpc) is 2.42.